The Balaban J connectivity index is 1.71. The summed E-state index contributed by atoms with van der Waals surface area (Å²) in [5.41, 5.74) is 1.57. The van der Waals surface area contributed by atoms with Crippen LogP contribution in [0.5, 0.6) is 5.75 Å². The van der Waals surface area contributed by atoms with Gasteiger partial charge in [0.15, 0.2) is 6.10 Å². The minimum atomic E-state index is -0.601. The van der Waals surface area contributed by atoms with Crippen molar-refractivity contribution in [3.63, 3.8) is 0 Å². The summed E-state index contributed by atoms with van der Waals surface area (Å²) in [6.07, 6.45) is 5.09. The Morgan fingerprint density at radius 1 is 1.50 bits per heavy atom. The number of likely N-dealkylation sites (tertiary alicyclic amines) is 1. The van der Waals surface area contributed by atoms with E-state index in [1.165, 1.54) is 0 Å². The van der Waals surface area contributed by atoms with E-state index in [0.29, 0.717) is 11.3 Å². The molecule has 1 aromatic heterocycles. The van der Waals surface area contributed by atoms with Gasteiger partial charge in [-0.05, 0) is 38.0 Å². The van der Waals surface area contributed by atoms with E-state index >= 15 is 0 Å². The Morgan fingerprint density at radius 2 is 2.33 bits per heavy atom. The molecule has 1 fully saturated rings. The number of nitrogens with zero attached hydrogens (tertiary/aromatic N) is 4. The number of carbonyl (C=O) groups is 1. The van der Waals surface area contributed by atoms with Crippen molar-refractivity contribution in [1.29, 1.82) is 5.26 Å². The first-order valence-corrected chi connectivity index (χ1v) is 8.04. The van der Waals surface area contributed by atoms with Gasteiger partial charge in [-0.3, -0.25) is 9.48 Å². The van der Waals surface area contributed by atoms with Gasteiger partial charge >= 0.3 is 0 Å². The Bertz CT molecular complexity index is 777. The fraction of sp³-hybridized carbons (Fsp3) is 0.389. The van der Waals surface area contributed by atoms with E-state index in [9.17, 15) is 4.79 Å². The number of aryl methyl sites for hydroxylation is 1. The van der Waals surface area contributed by atoms with Gasteiger partial charge < -0.3 is 9.64 Å². The second-order valence-corrected chi connectivity index (χ2v) is 6.04. The van der Waals surface area contributed by atoms with Crippen molar-refractivity contribution in [3.05, 3.63) is 47.8 Å². The van der Waals surface area contributed by atoms with E-state index in [1.807, 2.05) is 24.3 Å². The average Bonchev–Trinajstić information content (AvgIpc) is 3.22. The molecular formula is C18H20N4O2. The zero-order valence-electron chi connectivity index (χ0n) is 13.8. The topological polar surface area (TPSA) is 71.2 Å². The van der Waals surface area contributed by atoms with Crippen LogP contribution < -0.4 is 4.74 Å². The monoisotopic (exact) mass is 324 g/mol. The van der Waals surface area contributed by atoms with Crippen LogP contribution in [0.1, 0.15) is 36.9 Å². The molecule has 0 bridgehead atoms. The predicted molar refractivity (Wildman–Crippen MR) is 88.1 cm³/mol. The Hall–Kier alpha value is -2.81. The SMILES string of the molecule is C[C@H](Oc1cccc(C#N)c1)C(=O)N1CCC[C@@H]1c1cnn(C)c1. The molecule has 3 rings (SSSR count). The van der Waals surface area contributed by atoms with Crippen molar-refractivity contribution >= 4 is 5.91 Å². The number of hydrogen-bond donors (Lipinski definition) is 0. The van der Waals surface area contributed by atoms with Crippen LogP contribution in [0.2, 0.25) is 0 Å². The molecule has 2 heterocycles. The summed E-state index contributed by atoms with van der Waals surface area (Å²) in [5, 5.41) is 13.2. The highest BCUT2D eigenvalue weighted by Crippen LogP contribution is 2.32. The zero-order chi connectivity index (χ0) is 17.1. The van der Waals surface area contributed by atoms with Crippen molar-refractivity contribution < 1.29 is 9.53 Å². The van der Waals surface area contributed by atoms with Crippen molar-refractivity contribution in [1.82, 2.24) is 14.7 Å². The lowest BCUT2D eigenvalue weighted by Gasteiger charge is -2.27. The molecule has 0 N–H and O–H groups in total. The standard InChI is InChI=1S/C18H20N4O2/c1-13(24-16-6-3-5-14(9-16)10-19)18(23)22-8-4-7-17(22)15-11-20-21(2)12-15/h3,5-6,9,11-13,17H,4,7-8H2,1-2H3/t13-,17+/m0/s1. The summed E-state index contributed by atoms with van der Waals surface area (Å²) in [6.45, 7) is 2.48. The molecule has 2 aromatic rings. The first kappa shape index (κ1) is 16.1. The van der Waals surface area contributed by atoms with Gasteiger partial charge in [-0.25, -0.2) is 0 Å². The maximum absolute atomic E-state index is 12.8. The molecule has 0 unspecified atom stereocenters. The number of nitriles is 1. The van der Waals surface area contributed by atoms with Gasteiger partial charge in [-0.2, -0.15) is 10.4 Å². The summed E-state index contributed by atoms with van der Waals surface area (Å²) in [4.78, 5) is 14.7. The van der Waals surface area contributed by atoms with Gasteiger partial charge in [0.05, 0.1) is 23.9 Å². The van der Waals surface area contributed by atoms with Gasteiger partial charge in [-0.15, -0.1) is 0 Å². The number of amides is 1. The van der Waals surface area contributed by atoms with E-state index in [4.69, 9.17) is 10.00 Å². The first-order chi connectivity index (χ1) is 11.6. The molecule has 0 aliphatic carbocycles. The van der Waals surface area contributed by atoms with Gasteiger partial charge in [-0.1, -0.05) is 6.07 Å². The fourth-order valence-corrected chi connectivity index (χ4v) is 3.12. The number of hydrogen-bond acceptors (Lipinski definition) is 4. The highest BCUT2D eigenvalue weighted by atomic mass is 16.5. The van der Waals surface area contributed by atoms with E-state index < -0.39 is 6.10 Å². The van der Waals surface area contributed by atoms with E-state index in [-0.39, 0.29) is 11.9 Å². The lowest BCUT2D eigenvalue weighted by Crippen LogP contribution is -2.40. The molecule has 1 aliphatic rings. The number of ether oxygens (including phenoxy) is 1. The minimum absolute atomic E-state index is 0.0382. The summed E-state index contributed by atoms with van der Waals surface area (Å²) >= 11 is 0. The zero-order valence-corrected chi connectivity index (χ0v) is 13.8. The third-order valence-corrected chi connectivity index (χ3v) is 4.27. The number of carbonyl (C=O) groups excluding carboxylic acids is 1. The maximum Gasteiger partial charge on any atom is 0.263 e. The number of rotatable bonds is 4. The van der Waals surface area contributed by atoms with E-state index in [1.54, 1.807) is 35.9 Å². The smallest absolute Gasteiger partial charge is 0.263 e. The van der Waals surface area contributed by atoms with Crippen molar-refractivity contribution in [2.45, 2.75) is 31.9 Å². The lowest BCUT2D eigenvalue weighted by molar-refractivity contribution is -0.138. The second-order valence-electron chi connectivity index (χ2n) is 6.04. The molecule has 0 saturated carbocycles. The van der Waals surface area contributed by atoms with Gasteiger partial charge in [0, 0.05) is 25.4 Å². The Morgan fingerprint density at radius 3 is 3.04 bits per heavy atom. The van der Waals surface area contributed by atoms with Crippen molar-refractivity contribution in [2.24, 2.45) is 7.05 Å². The lowest BCUT2D eigenvalue weighted by atomic mass is 10.1. The highest BCUT2D eigenvalue weighted by Gasteiger charge is 2.33. The van der Waals surface area contributed by atoms with Gasteiger partial charge in [0.1, 0.15) is 5.75 Å². The Kier molecular flexibility index (Phi) is 4.52. The molecule has 0 radical (unpaired) electrons. The molecule has 124 valence electrons. The molecule has 2 atom stereocenters. The van der Waals surface area contributed by atoms with Crippen LogP contribution >= 0.6 is 0 Å². The summed E-state index contributed by atoms with van der Waals surface area (Å²) in [5.74, 6) is 0.496. The van der Waals surface area contributed by atoms with Crippen LogP contribution in [0.4, 0.5) is 0 Å². The average molecular weight is 324 g/mol. The Labute approximate surface area is 141 Å². The second kappa shape index (κ2) is 6.75. The summed E-state index contributed by atoms with van der Waals surface area (Å²) < 4.78 is 7.51. The highest BCUT2D eigenvalue weighted by molar-refractivity contribution is 5.81. The van der Waals surface area contributed by atoms with E-state index in [0.717, 1.165) is 24.9 Å². The summed E-state index contributed by atoms with van der Waals surface area (Å²) in [6, 6.07) is 8.99. The van der Waals surface area contributed by atoms with Crippen LogP contribution in [0.25, 0.3) is 0 Å². The van der Waals surface area contributed by atoms with E-state index in [2.05, 4.69) is 11.2 Å². The van der Waals surface area contributed by atoms with Crippen molar-refractivity contribution in [3.8, 4) is 11.8 Å². The number of benzene rings is 1. The third kappa shape index (κ3) is 3.25. The van der Waals surface area contributed by atoms with Crippen LogP contribution in [0, 0.1) is 11.3 Å². The minimum Gasteiger partial charge on any atom is -0.481 e. The molecule has 1 amide bonds. The number of aromatic nitrogens is 2. The maximum atomic E-state index is 12.8. The first-order valence-electron chi connectivity index (χ1n) is 8.04. The molecule has 6 heteroatoms. The molecule has 1 aromatic carbocycles. The molecule has 24 heavy (non-hydrogen) atoms. The largest absolute Gasteiger partial charge is 0.481 e. The quantitative estimate of drug-likeness (QED) is 0.866. The fourth-order valence-electron chi connectivity index (χ4n) is 3.12. The van der Waals surface area contributed by atoms with Gasteiger partial charge in [0.25, 0.3) is 5.91 Å². The van der Waals surface area contributed by atoms with Crippen LogP contribution in [0.15, 0.2) is 36.7 Å². The molecule has 1 saturated heterocycles. The van der Waals surface area contributed by atoms with Gasteiger partial charge in [0.2, 0.25) is 0 Å². The summed E-state index contributed by atoms with van der Waals surface area (Å²) in [7, 11) is 1.87. The van der Waals surface area contributed by atoms with Crippen LogP contribution in [-0.2, 0) is 11.8 Å². The normalized spacial score (nSPS) is 18.2. The molecule has 0 spiro atoms. The molecular weight excluding hydrogens is 304 g/mol. The predicted octanol–water partition coefficient (Wildman–Crippen LogP) is 2.42. The third-order valence-electron chi connectivity index (χ3n) is 4.27. The molecule has 1 aliphatic heterocycles. The van der Waals surface area contributed by atoms with Crippen molar-refractivity contribution in [2.75, 3.05) is 6.54 Å². The van der Waals surface area contributed by atoms with Crippen LogP contribution in [0.3, 0.4) is 0 Å². The van der Waals surface area contributed by atoms with Crippen LogP contribution in [-0.4, -0.2) is 33.2 Å². The molecule has 6 nitrogen and oxygen atoms in total.